The number of ether oxygens (including phenoxy) is 1. The van der Waals surface area contributed by atoms with Gasteiger partial charge in [-0.2, -0.15) is 0 Å². The van der Waals surface area contributed by atoms with E-state index < -0.39 is 0 Å². The van der Waals surface area contributed by atoms with Crippen molar-refractivity contribution in [3.05, 3.63) is 76.9 Å². The molecule has 0 saturated heterocycles. The Morgan fingerprint density at radius 2 is 1.83 bits per heavy atom. The number of methoxy groups -OCH3 is 1. The summed E-state index contributed by atoms with van der Waals surface area (Å²) in [4.78, 5) is 13.5. The molecule has 5 heteroatoms. The zero-order valence-corrected chi connectivity index (χ0v) is 13.9. The van der Waals surface area contributed by atoms with Gasteiger partial charge in [0.1, 0.15) is 11.6 Å². The molecule has 1 amide bonds. The van der Waals surface area contributed by atoms with Crippen LogP contribution in [0.1, 0.15) is 15.2 Å². The maximum Gasteiger partial charge on any atom is 0.261 e. The SMILES string of the molecule is COc1ccc(CNC(=O)c2ccc(-c3ccccc3F)s2)cc1. The highest BCUT2D eigenvalue weighted by Gasteiger charge is 2.12. The van der Waals surface area contributed by atoms with Crippen molar-refractivity contribution >= 4 is 17.2 Å². The molecule has 0 saturated carbocycles. The molecule has 122 valence electrons. The molecule has 3 rings (SSSR count). The second kappa shape index (κ2) is 7.27. The van der Waals surface area contributed by atoms with E-state index in [0.717, 1.165) is 16.2 Å². The second-order valence-corrected chi connectivity index (χ2v) is 6.26. The number of rotatable bonds is 5. The fourth-order valence-electron chi connectivity index (χ4n) is 2.28. The van der Waals surface area contributed by atoms with Crippen LogP contribution < -0.4 is 10.1 Å². The third-order valence-corrected chi connectivity index (χ3v) is 4.70. The number of carbonyl (C=O) groups is 1. The minimum Gasteiger partial charge on any atom is -0.497 e. The van der Waals surface area contributed by atoms with Gasteiger partial charge < -0.3 is 10.1 Å². The van der Waals surface area contributed by atoms with E-state index in [2.05, 4.69) is 5.32 Å². The lowest BCUT2D eigenvalue weighted by Crippen LogP contribution is -2.21. The zero-order chi connectivity index (χ0) is 16.9. The quantitative estimate of drug-likeness (QED) is 0.742. The van der Waals surface area contributed by atoms with Gasteiger partial charge in [-0.3, -0.25) is 4.79 Å². The summed E-state index contributed by atoms with van der Waals surface area (Å²) in [5.74, 6) is 0.320. The Balaban J connectivity index is 1.66. The van der Waals surface area contributed by atoms with Crippen LogP contribution in [0.5, 0.6) is 5.75 Å². The fourth-order valence-corrected chi connectivity index (χ4v) is 3.23. The smallest absolute Gasteiger partial charge is 0.261 e. The highest BCUT2D eigenvalue weighted by Crippen LogP contribution is 2.30. The van der Waals surface area contributed by atoms with Crippen molar-refractivity contribution in [3.63, 3.8) is 0 Å². The molecule has 0 atom stereocenters. The summed E-state index contributed by atoms with van der Waals surface area (Å²) in [6.45, 7) is 0.426. The average molecular weight is 341 g/mol. The average Bonchev–Trinajstić information content (AvgIpc) is 3.10. The standard InChI is InChI=1S/C19H16FNO2S/c1-23-14-8-6-13(7-9-14)12-21-19(22)18-11-10-17(24-18)15-4-2-3-5-16(15)20/h2-11H,12H2,1H3,(H,21,22). The predicted octanol–water partition coefficient (Wildman–Crippen LogP) is 4.49. The van der Waals surface area contributed by atoms with E-state index in [1.54, 1.807) is 37.4 Å². The lowest BCUT2D eigenvalue weighted by Gasteiger charge is -2.05. The minimum atomic E-state index is -0.287. The van der Waals surface area contributed by atoms with Gasteiger partial charge in [0.15, 0.2) is 0 Å². The molecule has 0 radical (unpaired) electrons. The van der Waals surface area contributed by atoms with Crippen LogP contribution in [0.2, 0.25) is 0 Å². The second-order valence-electron chi connectivity index (χ2n) is 5.17. The Morgan fingerprint density at radius 3 is 2.54 bits per heavy atom. The maximum atomic E-state index is 13.8. The van der Waals surface area contributed by atoms with Crippen molar-refractivity contribution in [3.8, 4) is 16.2 Å². The Kier molecular flexibility index (Phi) is 4.91. The molecule has 1 N–H and O–H groups in total. The first-order valence-corrected chi connectivity index (χ1v) is 8.25. The van der Waals surface area contributed by atoms with Gasteiger partial charge in [0.05, 0.1) is 12.0 Å². The summed E-state index contributed by atoms with van der Waals surface area (Å²) in [7, 11) is 1.61. The minimum absolute atomic E-state index is 0.168. The third-order valence-electron chi connectivity index (χ3n) is 3.58. The van der Waals surface area contributed by atoms with Crippen LogP contribution >= 0.6 is 11.3 Å². The Hall–Kier alpha value is -2.66. The number of halogens is 1. The van der Waals surface area contributed by atoms with Crippen molar-refractivity contribution in [2.45, 2.75) is 6.54 Å². The molecule has 1 heterocycles. The van der Waals surface area contributed by atoms with Gasteiger partial charge in [-0.25, -0.2) is 4.39 Å². The molecule has 0 aliphatic rings. The van der Waals surface area contributed by atoms with Crippen LogP contribution in [0.4, 0.5) is 4.39 Å². The molecule has 24 heavy (non-hydrogen) atoms. The van der Waals surface area contributed by atoms with Gasteiger partial charge in [0, 0.05) is 17.0 Å². The summed E-state index contributed by atoms with van der Waals surface area (Å²) in [5, 5.41) is 2.87. The molecule has 0 aliphatic carbocycles. The van der Waals surface area contributed by atoms with Gasteiger partial charge in [-0.05, 0) is 35.9 Å². The van der Waals surface area contributed by atoms with Gasteiger partial charge in [-0.15, -0.1) is 11.3 Å². The van der Waals surface area contributed by atoms with E-state index in [1.807, 2.05) is 24.3 Å². The van der Waals surface area contributed by atoms with E-state index in [1.165, 1.54) is 17.4 Å². The highest BCUT2D eigenvalue weighted by atomic mass is 32.1. The molecule has 0 aliphatic heterocycles. The lowest BCUT2D eigenvalue weighted by molar-refractivity contribution is 0.0955. The topological polar surface area (TPSA) is 38.3 Å². The van der Waals surface area contributed by atoms with E-state index in [-0.39, 0.29) is 11.7 Å². The summed E-state index contributed by atoms with van der Waals surface area (Å²) in [6, 6.07) is 17.5. The first-order chi connectivity index (χ1) is 11.7. The van der Waals surface area contributed by atoms with Crippen molar-refractivity contribution in [1.82, 2.24) is 5.32 Å². The molecule has 0 bridgehead atoms. The number of carbonyl (C=O) groups excluding carboxylic acids is 1. The number of benzene rings is 2. The number of nitrogens with one attached hydrogen (secondary N) is 1. The van der Waals surface area contributed by atoms with Crippen LogP contribution in [0.25, 0.3) is 10.4 Å². The van der Waals surface area contributed by atoms with Gasteiger partial charge in [0.2, 0.25) is 0 Å². The fraction of sp³-hybridized carbons (Fsp3) is 0.105. The summed E-state index contributed by atoms with van der Waals surface area (Å²) >= 11 is 1.28. The van der Waals surface area contributed by atoms with Crippen molar-refractivity contribution < 1.29 is 13.9 Å². The lowest BCUT2D eigenvalue weighted by atomic mass is 10.2. The highest BCUT2D eigenvalue weighted by molar-refractivity contribution is 7.17. The third kappa shape index (κ3) is 3.63. The monoisotopic (exact) mass is 341 g/mol. The summed E-state index contributed by atoms with van der Waals surface area (Å²) < 4.78 is 18.9. The first-order valence-electron chi connectivity index (χ1n) is 7.43. The van der Waals surface area contributed by atoms with E-state index in [0.29, 0.717) is 17.0 Å². The maximum absolute atomic E-state index is 13.8. The molecule has 0 spiro atoms. The number of amides is 1. The summed E-state index contributed by atoms with van der Waals surface area (Å²) in [5.41, 5.74) is 1.49. The summed E-state index contributed by atoms with van der Waals surface area (Å²) in [6.07, 6.45) is 0. The van der Waals surface area contributed by atoms with E-state index in [4.69, 9.17) is 4.74 Å². The van der Waals surface area contributed by atoms with Crippen molar-refractivity contribution in [2.24, 2.45) is 0 Å². The first kappa shape index (κ1) is 16.2. The molecule has 0 fully saturated rings. The van der Waals surface area contributed by atoms with E-state index in [9.17, 15) is 9.18 Å². The number of hydrogen-bond donors (Lipinski definition) is 1. The van der Waals surface area contributed by atoms with Crippen LogP contribution in [-0.4, -0.2) is 13.0 Å². The molecule has 2 aromatic carbocycles. The normalized spacial score (nSPS) is 10.4. The molecule has 3 aromatic rings. The molecular formula is C19H16FNO2S. The van der Waals surface area contributed by atoms with Crippen LogP contribution in [0, 0.1) is 5.82 Å². The van der Waals surface area contributed by atoms with Crippen LogP contribution in [0.15, 0.2) is 60.7 Å². The van der Waals surface area contributed by atoms with E-state index >= 15 is 0 Å². The Morgan fingerprint density at radius 1 is 1.08 bits per heavy atom. The molecular weight excluding hydrogens is 325 g/mol. The molecule has 1 aromatic heterocycles. The van der Waals surface area contributed by atoms with Gasteiger partial charge in [-0.1, -0.05) is 30.3 Å². The molecule has 0 unspecified atom stereocenters. The number of thiophene rings is 1. The van der Waals surface area contributed by atoms with Crippen LogP contribution in [0.3, 0.4) is 0 Å². The Bertz CT molecular complexity index is 843. The zero-order valence-electron chi connectivity index (χ0n) is 13.1. The van der Waals surface area contributed by atoms with Gasteiger partial charge >= 0.3 is 0 Å². The Labute approximate surface area is 143 Å². The molecule has 3 nitrogen and oxygen atoms in total. The van der Waals surface area contributed by atoms with Crippen molar-refractivity contribution in [1.29, 1.82) is 0 Å². The van der Waals surface area contributed by atoms with Crippen molar-refractivity contribution in [2.75, 3.05) is 7.11 Å². The van der Waals surface area contributed by atoms with Crippen LogP contribution in [-0.2, 0) is 6.54 Å². The van der Waals surface area contributed by atoms with Gasteiger partial charge in [0.25, 0.3) is 5.91 Å². The predicted molar refractivity (Wildman–Crippen MR) is 93.9 cm³/mol. The number of hydrogen-bond acceptors (Lipinski definition) is 3. The largest absolute Gasteiger partial charge is 0.497 e.